The van der Waals surface area contributed by atoms with Gasteiger partial charge in [-0.05, 0) is 24.0 Å². The van der Waals surface area contributed by atoms with Gasteiger partial charge in [0.2, 0.25) is 0 Å². The quantitative estimate of drug-likeness (QED) is 0.741. The smallest absolute Gasteiger partial charge is 0.407 e. The Morgan fingerprint density at radius 1 is 1.20 bits per heavy atom. The third-order valence-corrected chi connectivity index (χ3v) is 3.02. The number of rotatable bonds is 5. The molecule has 5 heteroatoms. The Kier molecular flexibility index (Phi) is 23.1. The maximum absolute atomic E-state index is 11.3. The zero-order chi connectivity index (χ0) is 20.3. The van der Waals surface area contributed by atoms with E-state index in [2.05, 4.69) is 43.0 Å². The van der Waals surface area contributed by atoms with E-state index in [1.807, 2.05) is 39.8 Å². The number of nitrogens with one attached hydrogen (secondary N) is 1. The molecule has 2 N–H and O–H groups in total. The molecule has 1 aromatic carbocycles. The van der Waals surface area contributed by atoms with Crippen molar-refractivity contribution in [3.05, 3.63) is 35.4 Å². The van der Waals surface area contributed by atoms with Crippen molar-refractivity contribution in [3.8, 4) is 0 Å². The standard InChI is InChI=1S/C14H21NO2.C2H6O2.2C2H6.H2/c1-10(2)13(17-14(16)15-4)9-12-8-6-5-7-11(12)3;1-4-2-3;2*1-2;/h5-8,10,13H,9H2,1-4H3,(H,15,16);3H,2H2,1H3;2*1-2H3;1H/t13-;;;;/m1..../s1. The molecule has 0 fully saturated rings. The van der Waals surface area contributed by atoms with Gasteiger partial charge in [0.25, 0.3) is 0 Å². The Morgan fingerprint density at radius 3 is 2.04 bits per heavy atom. The lowest BCUT2D eigenvalue weighted by Crippen LogP contribution is -2.31. The summed E-state index contributed by atoms with van der Waals surface area (Å²) in [4.78, 5) is 11.3. The second-order valence-electron chi connectivity index (χ2n) is 4.99. The van der Waals surface area contributed by atoms with Crippen LogP contribution < -0.4 is 5.32 Å². The summed E-state index contributed by atoms with van der Waals surface area (Å²) < 4.78 is 9.47. The Balaban J connectivity index is -0.000000232. The van der Waals surface area contributed by atoms with Gasteiger partial charge in [0, 0.05) is 22.0 Å². The predicted octanol–water partition coefficient (Wildman–Crippen LogP) is 4.80. The molecule has 1 amide bonds. The van der Waals surface area contributed by atoms with Gasteiger partial charge in [0.05, 0.1) is 0 Å². The van der Waals surface area contributed by atoms with E-state index in [9.17, 15) is 4.79 Å². The maximum Gasteiger partial charge on any atom is 0.407 e. The highest BCUT2D eigenvalue weighted by molar-refractivity contribution is 5.66. The van der Waals surface area contributed by atoms with Crippen molar-refractivity contribution in [1.29, 1.82) is 0 Å². The molecule has 0 aliphatic heterocycles. The number of ether oxygens (including phenoxy) is 2. The van der Waals surface area contributed by atoms with Crippen LogP contribution in [-0.4, -0.2) is 38.3 Å². The van der Waals surface area contributed by atoms with Gasteiger partial charge < -0.3 is 19.9 Å². The summed E-state index contributed by atoms with van der Waals surface area (Å²) in [7, 11) is 3.01. The summed E-state index contributed by atoms with van der Waals surface area (Å²) in [6.45, 7) is 14.0. The predicted molar refractivity (Wildman–Crippen MR) is 108 cm³/mol. The molecule has 0 aliphatic carbocycles. The average molecular weight is 360 g/mol. The van der Waals surface area contributed by atoms with Crippen LogP contribution in [-0.2, 0) is 15.9 Å². The highest BCUT2D eigenvalue weighted by atomic mass is 16.6. The fraction of sp³-hybridized carbons (Fsp3) is 0.650. The minimum absolute atomic E-state index is 0. The number of aryl methyl sites for hydroxylation is 1. The number of hydrogen-bond acceptors (Lipinski definition) is 4. The van der Waals surface area contributed by atoms with Crippen LogP contribution in [0, 0.1) is 12.8 Å². The second-order valence-corrected chi connectivity index (χ2v) is 4.99. The van der Waals surface area contributed by atoms with E-state index >= 15 is 0 Å². The van der Waals surface area contributed by atoms with E-state index in [4.69, 9.17) is 9.84 Å². The number of aliphatic hydroxyl groups is 1. The third kappa shape index (κ3) is 15.7. The molecule has 1 atom stereocenters. The van der Waals surface area contributed by atoms with Crippen LogP contribution >= 0.6 is 0 Å². The molecule has 1 rings (SSSR count). The molecule has 0 aromatic heterocycles. The number of hydrogen-bond donors (Lipinski definition) is 2. The fourth-order valence-corrected chi connectivity index (χ4v) is 1.67. The summed E-state index contributed by atoms with van der Waals surface area (Å²) in [6, 6.07) is 8.19. The lowest BCUT2D eigenvalue weighted by Gasteiger charge is -2.22. The van der Waals surface area contributed by atoms with Crippen molar-refractivity contribution in [2.75, 3.05) is 21.0 Å². The lowest BCUT2D eigenvalue weighted by atomic mass is 9.96. The van der Waals surface area contributed by atoms with E-state index in [1.54, 1.807) is 7.05 Å². The van der Waals surface area contributed by atoms with Crippen LogP contribution in [0.2, 0.25) is 0 Å². The van der Waals surface area contributed by atoms with Crippen molar-refractivity contribution in [1.82, 2.24) is 5.32 Å². The molecule has 150 valence electrons. The molecule has 0 saturated carbocycles. The molecule has 0 radical (unpaired) electrons. The SMILES string of the molecule is CC.CC.CNC(=O)O[C@H](Cc1ccccc1C)C(C)C.COCO.[HH]. The number of carbonyl (C=O) groups excluding carboxylic acids is 1. The topological polar surface area (TPSA) is 67.8 Å². The van der Waals surface area contributed by atoms with Crippen LogP contribution in [0.3, 0.4) is 0 Å². The van der Waals surface area contributed by atoms with Gasteiger partial charge in [-0.15, -0.1) is 0 Å². The number of carbonyl (C=O) groups is 1. The maximum atomic E-state index is 11.3. The molecule has 0 aliphatic rings. The molecule has 1 aromatic rings. The molecule has 25 heavy (non-hydrogen) atoms. The molecule has 0 saturated heterocycles. The van der Waals surface area contributed by atoms with E-state index in [-0.39, 0.29) is 20.4 Å². The first-order valence-corrected chi connectivity index (χ1v) is 8.98. The summed E-state index contributed by atoms with van der Waals surface area (Å²) in [5, 5.41) is 10.1. The highest BCUT2D eigenvalue weighted by Gasteiger charge is 2.18. The number of aliphatic hydroxyl groups excluding tert-OH is 1. The van der Waals surface area contributed by atoms with Gasteiger partial charge in [-0.2, -0.15) is 0 Å². The first-order valence-electron chi connectivity index (χ1n) is 8.98. The van der Waals surface area contributed by atoms with Crippen LogP contribution in [0.4, 0.5) is 4.79 Å². The average Bonchev–Trinajstić information content (AvgIpc) is 2.66. The number of benzene rings is 1. The summed E-state index contributed by atoms with van der Waals surface area (Å²) in [5.41, 5.74) is 2.47. The second kappa shape index (κ2) is 20.5. The molecule has 0 heterocycles. The minimum Gasteiger partial charge on any atom is -0.446 e. The van der Waals surface area contributed by atoms with Crippen LogP contribution in [0.1, 0.15) is 54.1 Å². The van der Waals surface area contributed by atoms with Crippen molar-refractivity contribution >= 4 is 6.09 Å². The Bertz CT molecular complexity index is 413. The number of amides is 1. The monoisotopic (exact) mass is 359 g/mol. The number of methoxy groups -OCH3 is 1. The van der Waals surface area contributed by atoms with Gasteiger partial charge in [-0.1, -0.05) is 65.8 Å². The van der Waals surface area contributed by atoms with E-state index in [0.717, 1.165) is 6.42 Å². The molecule has 5 nitrogen and oxygen atoms in total. The van der Waals surface area contributed by atoms with Crippen molar-refractivity contribution in [2.24, 2.45) is 5.92 Å². The Hall–Kier alpha value is -1.59. The molecular weight excluding hydrogens is 318 g/mol. The zero-order valence-corrected chi connectivity index (χ0v) is 17.6. The van der Waals surface area contributed by atoms with E-state index in [0.29, 0.717) is 5.92 Å². The van der Waals surface area contributed by atoms with Gasteiger partial charge in [0.1, 0.15) is 12.9 Å². The zero-order valence-electron chi connectivity index (χ0n) is 17.6. The van der Waals surface area contributed by atoms with Crippen molar-refractivity contribution < 1.29 is 20.8 Å². The molecule has 0 spiro atoms. The number of alkyl carbamates (subject to hydrolysis) is 1. The van der Waals surface area contributed by atoms with Crippen molar-refractivity contribution in [2.45, 2.75) is 61.0 Å². The Labute approximate surface area is 156 Å². The minimum atomic E-state index is -0.364. The third-order valence-electron chi connectivity index (χ3n) is 3.02. The van der Waals surface area contributed by atoms with Crippen LogP contribution in [0.25, 0.3) is 0 Å². The van der Waals surface area contributed by atoms with E-state index in [1.165, 1.54) is 18.2 Å². The van der Waals surface area contributed by atoms with Gasteiger partial charge in [-0.3, -0.25) is 0 Å². The normalized spacial score (nSPS) is 10.0. The summed E-state index contributed by atoms with van der Waals surface area (Å²) in [6.07, 6.45) is 0.311. The van der Waals surface area contributed by atoms with Gasteiger partial charge in [0.15, 0.2) is 0 Å². The van der Waals surface area contributed by atoms with E-state index < -0.39 is 0 Å². The Morgan fingerprint density at radius 2 is 1.68 bits per heavy atom. The molecular formula is C20H41NO4. The summed E-state index contributed by atoms with van der Waals surface area (Å²) in [5.74, 6) is 0.298. The largest absolute Gasteiger partial charge is 0.446 e. The van der Waals surface area contributed by atoms with Crippen LogP contribution in [0.5, 0.6) is 0 Å². The first kappa shape index (κ1) is 28.2. The molecule has 0 unspecified atom stereocenters. The molecule has 0 bridgehead atoms. The first-order chi connectivity index (χ1) is 12.0. The van der Waals surface area contributed by atoms with Crippen molar-refractivity contribution in [3.63, 3.8) is 0 Å². The highest BCUT2D eigenvalue weighted by Crippen LogP contribution is 2.16. The fourth-order valence-electron chi connectivity index (χ4n) is 1.67. The lowest BCUT2D eigenvalue weighted by molar-refractivity contribution is 0.0325. The van der Waals surface area contributed by atoms with Crippen LogP contribution in [0.15, 0.2) is 24.3 Å². The summed E-state index contributed by atoms with van der Waals surface area (Å²) >= 11 is 0. The van der Waals surface area contributed by atoms with Gasteiger partial charge >= 0.3 is 6.09 Å². The van der Waals surface area contributed by atoms with Gasteiger partial charge in [-0.25, -0.2) is 4.79 Å².